The van der Waals surface area contributed by atoms with E-state index in [4.69, 9.17) is 4.74 Å². The number of carbonyl (C=O) groups is 1. The number of hydrogen-bond donors (Lipinski definition) is 1. The van der Waals surface area contributed by atoms with Crippen molar-refractivity contribution in [2.24, 2.45) is 0 Å². The van der Waals surface area contributed by atoms with E-state index in [-0.39, 0.29) is 5.91 Å². The molecule has 1 amide bonds. The maximum Gasteiger partial charge on any atom is 0.234 e. The number of carbonyl (C=O) groups excluding carboxylic acids is 1. The number of amides is 1. The van der Waals surface area contributed by atoms with Gasteiger partial charge in [-0.15, -0.1) is 10.2 Å². The van der Waals surface area contributed by atoms with Crippen molar-refractivity contribution in [2.45, 2.75) is 13.0 Å². The predicted octanol–water partition coefficient (Wildman–Crippen LogP) is 1.27. The minimum absolute atomic E-state index is 0.0723. The molecule has 7 nitrogen and oxygen atoms in total. The van der Waals surface area contributed by atoms with Crippen LogP contribution in [0.2, 0.25) is 0 Å². The van der Waals surface area contributed by atoms with E-state index in [1.807, 2.05) is 30.3 Å². The number of aromatic nitrogens is 4. The number of ether oxygens (including phenoxy) is 1. The molecule has 0 atom stereocenters. The van der Waals surface area contributed by atoms with Crippen LogP contribution in [0.3, 0.4) is 0 Å². The Bertz CT molecular complexity index is 696. The Morgan fingerprint density at radius 2 is 2.19 bits per heavy atom. The summed E-state index contributed by atoms with van der Waals surface area (Å²) in [6.07, 6.45) is 1.84. The van der Waals surface area contributed by atoms with Crippen molar-refractivity contribution in [1.82, 2.24) is 25.1 Å². The van der Waals surface area contributed by atoms with Crippen molar-refractivity contribution < 1.29 is 9.53 Å². The maximum absolute atomic E-state index is 11.7. The first-order chi connectivity index (χ1) is 10.3. The van der Waals surface area contributed by atoms with Crippen LogP contribution in [0.15, 0.2) is 36.7 Å². The van der Waals surface area contributed by atoms with Crippen molar-refractivity contribution in [3.05, 3.63) is 41.7 Å². The van der Waals surface area contributed by atoms with Crippen LogP contribution in [0.25, 0.3) is 4.96 Å². The lowest BCUT2D eigenvalue weighted by Crippen LogP contribution is -2.24. The summed E-state index contributed by atoms with van der Waals surface area (Å²) in [6, 6.07) is 9.42. The Kier molecular flexibility index (Phi) is 4.06. The van der Waals surface area contributed by atoms with Gasteiger partial charge in [-0.05, 0) is 12.1 Å². The molecule has 0 aliphatic carbocycles. The summed E-state index contributed by atoms with van der Waals surface area (Å²) in [5, 5.41) is 15.4. The number of benzene rings is 1. The summed E-state index contributed by atoms with van der Waals surface area (Å²) in [5.41, 5.74) is 0. The quantitative estimate of drug-likeness (QED) is 0.741. The van der Waals surface area contributed by atoms with E-state index in [0.717, 1.165) is 10.8 Å². The molecule has 8 heteroatoms. The van der Waals surface area contributed by atoms with Gasteiger partial charge in [0.25, 0.3) is 0 Å². The molecule has 3 rings (SSSR count). The molecule has 0 saturated carbocycles. The molecular weight excluding hydrogens is 290 g/mol. The van der Waals surface area contributed by atoms with Crippen LogP contribution < -0.4 is 10.1 Å². The standard InChI is InChI=1S/C13H13N5O2S/c19-11(6-7-20-10-4-2-1-3-5-10)14-8-12-17-18-9-15-16-13(18)21-12/h1-5,9H,6-8H2,(H,14,19). The average molecular weight is 303 g/mol. The monoisotopic (exact) mass is 303 g/mol. The summed E-state index contributed by atoms with van der Waals surface area (Å²) in [5.74, 6) is 0.691. The number of hydrogen-bond acceptors (Lipinski definition) is 6. The first-order valence-electron chi connectivity index (χ1n) is 6.41. The largest absolute Gasteiger partial charge is 0.493 e. The van der Waals surface area contributed by atoms with E-state index in [0.29, 0.717) is 24.5 Å². The molecule has 0 aliphatic rings. The van der Waals surface area contributed by atoms with Gasteiger partial charge in [-0.2, -0.15) is 9.61 Å². The van der Waals surface area contributed by atoms with Crippen LogP contribution >= 0.6 is 11.3 Å². The van der Waals surface area contributed by atoms with Gasteiger partial charge in [0.05, 0.1) is 19.6 Å². The molecule has 2 heterocycles. The van der Waals surface area contributed by atoms with Crippen LogP contribution in [0, 0.1) is 0 Å². The van der Waals surface area contributed by atoms with Crippen molar-refractivity contribution in [1.29, 1.82) is 0 Å². The fraction of sp³-hybridized carbons (Fsp3) is 0.231. The molecule has 0 unspecified atom stereocenters. The van der Waals surface area contributed by atoms with E-state index in [9.17, 15) is 4.79 Å². The lowest BCUT2D eigenvalue weighted by atomic mass is 10.3. The molecule has 2 aromatic heterocycles. The van der Waals surface area contributed by atoms with Crippen LogP contribution in [-0.2, 0) is 11.3 Å². The molecule has 1 aromatic carbocycles. The molecule has 108 valence electrons. The number of fused-ring (bicyclic) bond motifs is 1. The lowest BCUT2D eigenvalue weighted by Gasteiger charge is -2.06. The summed E-state index contributed by atoms with van der Waals surface area (Å²) >= 11 is 1.40. The second kappa shape index (κ2) is 6.31. The Labute approximate surface area is 124 Å². The van der Waals surface area contributed by atoms with Gasteiger partial charge in [0.15, 0.2) is 0 Å². The highest BCUT2D eigenvalue weighted by Gasteiger charge is 2.07. The van der Waals surface area contributed by atoms with Crippen molar-refractivity contribution in [3.8, 4) is 5.75 Å². The number of nitrogens with one attached hydrogen (secondary N) is 1. The van der Waals surface area contributed by atoms with E-state index < -0.39 is 0 Å². The summed E-state index contributed by atoms with van der Waals surface area (Å²) in [6.45, 7) is 0.735. The zero-order chi connectivity index (χ0) is 14.5. The first kappa shape index (κ1) is 13.5. The van der Waals surface area contributed by atoms with Gasteiger partial charge in [-0.3, -0.25) is 4.79 Å². The second-order valence-corrected chi connectivity index (χ2v) is 5.28. The molecule has 0 spiro atoms. The first-order valence-corrected chi connectivity index (χ1v) is 7.23. The van der Waals surface area contributed by atoms with Gasteiger partial charge < -0.3 is 10.1 Å². The third-order valence-corrected chi connectivity index (χ3v) is 3.62. The van der Waals surface area contributed by atoms with E-state index >= 15 is 0 Å². The highest BCUT2D eigenvalue weighted by atomic mass is 32.1. The fourth-order valence-corrected chi connectivity index (χ4v) is 2.47. The predicted molar refractivity (Wildman–Crippen MR) is 77.1 cm³/mol. The summed E-state index contributed by atoms with van der Waals surface area (Å²) in [4.78, 5) is 12.4. The molecule has 3 aromatic rings. The number of rotatable bonds is 6. The summed E-state index contributed by atoms with van der Waals surface area (Å²) < 4.78 is 7.06. The minimum Gasteiger partial charge on any atom is -0.493 e. The van der Waals surface area contributed by atoms with Crippen molar-refractivity contribution in [3.63, 3.8) is 0 Å². The molecule has 0 bridgehead atoms. The van der Waals surface area contributed by atoms with Gasteiger partial charge in [-0.25, -0.2) is 0 Å². The Morgan fingerprint density at radius 3 is 3.00 bits per heavy atom. The Morgan fingerprint density at radius 1 is 1.33 bits per heavy atom. The SMILES string of the molecule is O=C(CCOc1ccccc1)NCc1nn2cnnc2s1. The lowest BCUT2D eigenvalue weighted by molar-refractivity contribution is -0.121. The van der Waals surface area contributed by atoms with Crippen molar-refractivity contribution in [2.75, 3.05) is 6.61 Å². The normalized spacial score (nSPS) is 10.7. The minimum atomic E-state index is -0.0723. The summed E-state index contributed by atoms with van der Waals surface area (Å²) in [7, 11) is 0. The molecule has 0 saturated heterocycles. The zero-order valence-corrected chi connectivity index (χ0v) is 11.9. The highest BCUT2D eigenvalue weighted by Crippen LogP contribution is 2.11. The van der Waals surface area contributed by atoms with Gasteiger partial charge in [-0.1, -0.05) is 29.5 Å². The third kappa shape index (κ3) is 3.54. The van der Waals surface area contributed by atoms with Gasteiger partial charge in [0, 0.05) is 0 Å². The van der Waals surface area contributed by atoms with Crippen LogP contribution in [0.1, 0.15) is 11.4 Å². The molecular formula is C13H13N5O2S. The fourth-order valence-electron chi connectivity index (χ4n) is 1.71. The second-order valence-electron chi connectivity index (χ2n) is 4.24. The number of nitrogens with zero attached hydrogens (tertiary/aromatic N) is 4. The molecule has 0 fully saturated rings. The number of para-hydroxylation sites is 1. The maximum atomic E-state index is 11.7. The van der Waals surface area contributed by atoms with Gasteiger partial charge >= 0.3 is 0 Å². The Hall–Kier alpha value is -2.48. The van der Waals surface area contributed by atoms with Crippen molar-refractivity contribution >= 4 is 22.2 Å². The molecule has 21 heavy (non-hydrogen) atoms. The molecule has 1 N–H and O–H groups in total. The average Bonchev–Trinajstić information content (AvgIpc) is 3.07. The van der Waals surface area contributed by atoms with E-state index in [2.05, 4.69) is 20.6 Å². The smallest absolute Gasteiger partial charge is 0.234 e. The highest BCUT2D eigenvalue weighted by molar-refractivity contribution is 7.16. The topological polar surface area (TPSA) is 81.4 Å². The van der Waals surface area contributed by atoms with Crippen LogP contribution in [0.5, 0.6) is 5.75 Å². The van der Waals surface area contributed by atoms with Gasteiger partial charge in [0.2, 0.25) is 10.9 Å². The van der Waals surface area contributed by atoms with Crippen LogP contribution in [0.4, 0.5) is 0 Å². The third-order valence-electron chi connectivity index (χ3n) is 2.71. The van der Waals surface area contributed by atoms with E-state index in [1.165, 1.54) is 17.7 Å². The van der Waals surface area contributed by atoms with E-state index in [1.54, 1.807) is 4.52 Å². The van der Waals surface area contributed by atoms with Gasteiger partial charge in [0.1, 0.15) is 17.1 Å². The zero-order valence-electron chi connectivity index (χ0n) is 11.1. The van der Waals surface area contributed by atoms with Crippen LogP contribution in [-0.4, -0.2) is 32.3 Å². The Balaban J connectivity index is 1.41. The molecule has 0 aliphatic heterocycles. The molecule has 0 radical (unpaired) electrons.